The van der Waals surface area contributed by atoms with E-state index >= 15 is 0 Å². The Morgan fingerprint density at radius 2 is 0.750 bits per heavy atom. The summed E-state index contributed by atoms with van der Waals surface area (Å²) in [5, 5.41) is 0. The normalized spacial score (nSPS) is 0. The average Bonchev–Trinajstić information content (AvgIpc) is 0. The van der Waals surface area contributed by atoms with Crippen molar-refractivity contribution in [3.8, 4) is 0 Å². The second-order valence-electron chi connectivity index (χ2n) is 0. The quantitative estimate of drug-likeness (QED) is 0.338. The minimum atomic E-state index is 0. The predicted molar refractivity (Wildman–Crippen MR) is 12.2 cm³/mol. The van der Waals surface area contributed by atoms with Crippen molar-refractivity contribution >= 4 is 75.5 Å². The van der Waals surface area contributed by atoms with E-state index in [0.717, 1.165) is 0 Å². The van der Waals surface area contributed by atoms with E-state index in [1.807, 2.05) is 0 Å². The third-order valence-electron chi connectivity index (χ3n) is 0. The van der Waals surface area contributed by atoms with Gasteiger partial charge < -0.3 is 22.5 Å². The fourth-order valence-electron chi connectivity index (χ4n) is 0. The largest absolute Gasteiger partial charge is 2.00 e. The van der Waals surface area contributed by atoms with E-state index in [1.54, 1.807) is 0 Å². The molecule has 0 fully saturated rings. The molecule has 0 saturated carbocycles. The third kappa shape index (κ3) is 8.88. The Balaban J connectivity index is 0. The van der Waals surface area contributed by atoms with E-state index in [1.165, 1.54) is 0 Å². The molecule has 0 N–H and O–H groups in total. The molecule has 0 aromatic heterocycles. The van der Waals surface area contributed by atoms with E-state index in [2.05, 4.69) is 0 Å². The van der Waals surface area contributed by atoms with Gasteiger partial charge in [-0.05, 0) is 0 Å². The SMILES string of the molecule is [Br-].[Ca+2].[Ca+2].[O-2]. The molecule has 4 heavy (non-hydrogen) atoms. The van der Waals surface area contributed by atoms with E-state index in [9.17, 15) is 0 Å². The summed E-state index contributed by atoms with van der Waals surface area (Å²) in [6.07, 6.45) is 0. The van der Waals surface area contributed by atoms with Crippen molar-refractivity contribution in [3.63, 3.8) is 0 Å². The van der Waals surface area contributed by atoms with E-state index in [-0.39, 0.29) is 97.9 Å². The van der Waals surface area contributed by atoms with Gasteiger partial charge in [0.2, 0.25) is 0 Å². The van der Waals surface area contributed by atoms with Crippen LogP contribution in [-0.4, -0.2) is 75.5 Å². The Morgan fingerprint density at radius 3 is 0.750 bits per heavy atom. The van der Waals surface area contributed by atoms with Crippen molar-refractivity contribution in [2.75, 3.05) is 0 Å². The van der Waals surface area contributed by atoms with Crippen molar-refractivity contribution in [1.82, 2.24) is 0 Å². The molecular weight excluding hydrogens is 176 g/mol. The molecule has 1 nitrogen and oxygen atoms in total. The van der Waals surface area contributed by atoms with Gasteiger partial charge in [-0.15, -0.1) is 0 Å². The maximum Gasteiger partial charge on any atom is 2.00 e. The molecule has 0 heterocycles. The van der Waals surface area contributed by atoms with Gasteiger partial charge in [0, 0.05) is 0 Å². The first-order chi connectivity index (χ1) is 0. The second kappa shape index (κ2) is 16.7. The van der Waals surface area contributed by atoms with E-state index in [0.29, 0.717) is 0 Å². The monoisotopic (exact) mass is 175 g/mol. The van der Waals surface area contributed by atoms with Gasteiger partial charge in [0.25, 0.3) is 0 Å². The number of hydrogen-bond donors (Lipinski definition) is 0. The van der Waals surface area contributed by atoms with Crippen LogP contribution in [0.5, 0.6) is 0 Å². The van der Waals surface area contributed by atoms with Crippen molar-refractivity contribution < 1.29 is 22.5 Å². The van der Waals surface area contributed by atoms with Crippen LogP contribution in [0.25, 0.3) is 0 Å². The Bertz CT molecular complexity index is 6.00. The van der Waals surface area contributed by atoms with E-state index < -0.39 is 0 Å². The molecule has 16 valence electrons. The summed E-state index contributed by atoms with van der Waals surface area (Å²) in [5.41, 5.74) is 0. The topological polar surface area (TPSA) is 28.5 Å². The second-order valence-corrected chi connectivity index (χ2v) is 0. The van der Waals surface area contributed by atoms with Gasteiger partial charge in [-0.3, -0.25) is 0 Å². The molecule has 0 rings (SSSR count). The first-order valence-corrected chi connectivity index (χ1v) is 0. The molecule has 0 aliphatic rings. The van der Waals surface area contributed by atoms with Crippen molar-refractivity contribution in [3.05, 3.63) is 0 Å². The maximum atomic E-state index is 0. The number of halogens is 1. The molecule has 0 amide bonds. The molecule has 0 aliphatic heterocycles. The molecule has 0 bridgehead atoms. The third-order valence-corrected chi connectivity index (χ3v) is 0. The molecule has 0 saturated heterocycles. The van der Waals surface area contributed by atoms with Crippen molar-refractivity contribution in [1.29, 1.82) is 0 Å². The molecule has 4 heteroatoms. The molecule has 0 aliphatic carbocycles. The molecule has 0 atom stereocenters. The van der Waals surface area contributed by atoms with Crippen LogP contribution in [0, 0.1) is 0 Å². The Labute approximate surface area is 95.6 Å². The standard InChI is InChI=1S/BrH.2Ca.O/h1H;;;/q;2*+2;-2/p-1. The van der Waals surface area contributed by atoms with Gasteiger partial charge in [-0.1, -0.05) is 0 Å². The fraction of sp³-hybridized carbons (Fsp3) is 0. The van der Waals surface area contributed by atoms with Crippen LogP contribution in [0.3, 0.4) is 0 Å². The van der Waals surface area contributed by atoms with Crippen LogP contribution in [0.2, 0.25) is 0 Å². The maximum absolute atomic E-state index is 0. The predicted octanol–water partition coefficient (Wildman–Crippen LogP) is -3.88. The van der Waals surface area contributed by atoms with E-state index in [4.69, 9.17) is 0 Å². The van der Waals surface area contributed by atoms with Crippen molar-refractivity contribution in [2.24, 2.45) is 0 Å². The zero-order valence-corrected chi connectivity index (χ0v) is 8.20. The smallest absolute Gasteiger partial charge is 2.00 e. The summed E-state index contributed by atoms with van der Waals surface area (Å²) in [4.78, 5) is 0. The van der Waals surface area contributed by atoms with Gasteiger partial charge in [-0.25, -0.2) is 0 Å². The average molecular weight is 176 g/mol. The molecule has 0 unspecified atom stereocenters. The number of hydrogen-bond acceptors (Lipinski definition) is 0. The summed E-state index contributed by atoms with van der Waals surface area (Å²) < 4.78 is 0. The van der Waals surface area contributed by atoms with Gasteiger partial charge in [0.1, 0.15) is 0 Å². The minimum absolute atomic E-state index is 0. The fourth-order valence-corrected chi connectivity index (χ4v) is 0. The van der Waals surface area contributed by atoms with Crippen LogP contribution in [0.4, 0.5) is 0 Å². The zero-order valence-electron chi connectivity index (χ0n) is 2.20. The summed E-state index contributed by atoms with van der Waals surface area (Å²) in [6, 6.07) is 0. The van der Waals surface area contributed by atoms with Crippen molar-refractivity contribution in [2.45, 2.75) is 0 Å². The Hall–Kier alpha value is 2.96. The summed E-state index contributed by atoms with van der Waals surface area (Å²) in [6.45, 7) is 0. The summed E-state index contributed by atoms with van der Waals surface area (Å²) in [7, 11) is 0. The summed E-state index contributed by atoms with van der Waals surface area (Å²) in [5.74, 6) is 0. The molecule has 0 aromatic carbocycles. The minimum Gasteiger partial charge on any atom is -2.00 e. The first kappa shape index (κ1) is 28.2. The van der Waals surface area contributed by atoms with Gasteiger partial charge in [0.15, 0.2) is 0 Å². The molecule has 0 radical (unpaired) electrons. The van der Waals surface area contributed by atoms with Gasteiger partial charge in [0.05, 0.1) is 0 Å². The van der Waals surface area contributed by atoms with Crippen LogP contribution in [0.15, 0.2) is 0 Å². The van der Waals surface area contributed by atoms with Crippen LogP contribution in [-0.2, 0) is 5.48 Å². The van der Waals surface area contributed by atoms with Gasteiger partial charge >= 0.3 is 75.5 Å². The van der Waals surface area contributed by atoms with Crippen LogP contribution < -0.4 is 17.0 Å². The molecular formula is BrCa2O+. The Kier molecular flexibility index (Phi) is 118. The Morgan fingerprint density at radius 1 is 0.750 bits per heavy atom. The van der Waals surface area contributed by atoms with Crippen LogP contribution in [0.1, 0.15) is 0 Å². The summed E-state index contributed by atoms with van der Waals surface area (Å²) >= 11 is 0. The van der Waals surface area contributed by atoms with Gasteiger partial charge in [-0.2, -0.15) is 0 Å². The number of rotatable bonds is 0. The molecule has 0 spiro atoms. The zero-order chi connectivity index (χ0) is 0. The molecule has 0 aromatic rings. The van der Waals surface area contributed by atoms with Crippen LogP contribution >= 0.6 is 0 Å². The first-order valence-electron chi connectivity index (χ1n) is 0.